The SMILES string of the molecule is CCC(N)C(c1ccco1)N1CCN2CCCCC2C1. The number of hydrogen-bond donors (Lipinski definition) is 1. The fourth-order valence-corrected chi connectivity index (χ4v) is 3.78. The Morgan fingerprint density at radius 3 is 3.00 bits per heavy atom. The highest BCUT2D eigenvalue weighted by molar-refractivity contribution is 5.09. The second-order valence-corrected chi connectivity index (χ2v) is 6.21. The van der Waals surface area contributed by atoms with Crippen molar-refractivity contribution in [3.05, 3.63) is 24.2 Å². The first-order valence-electron chi connectivity index (χ1n) is 8.06. The standard InChI is InChI=1S/C16H27N3O/c1-2-14(17)16(15-7-5-11-20-15)19-10-9-18-8-4-3-6-13(18)12-19/h5,7,11,13-14,16H,2-4,6,8-10,12,17H2,1H3. The number of rotatable bonds is 4. The fourth-order valence-electron chi connectivity index (χ4n) is 3.78. The molecule has 1 aromatic rings. The number of fused-ring (bicyclic) bond motifs is 1. The summed E-state index contributed by atoms with van der Waals surface area (Å²) in [6.45, 7) is 6.87. The van der Waals surface area contributed by atoms with Gasteiger partial charge in [0.15, 0.2) is 0 Å². The molecule has 3 heterocycles. The Hall–Kier alpha value is -0.840. The lowest BCUT2D eigenvalue weighted by molar-refractivity contribution is 0.0149. The van der Waals surface area contributed by atoms with E-state index in [2.05, 4.69) is 22.8 Å². The number of furan rings is 1. The second-order valence-electron chi connectivity index (χ2n) is 6.21. The van der Waals surface area contributed by atoms with Crippen molar-refractivity contribution in [1.29, 1.82) is 0 Å². The van der Waals surface area contributed by atoms with Gasteiger partial charge in [-0.3, -0.25) is 9.80 Å². The Morgan fingerprint density at radius 1 is 1.35 bits per heavy atom. The predicted octanol–water partition coefficient (Wildman–Crippen LogP) is 2.23. The van der Waals surface area contributed by atoms with E-state index in [0.717, 1.165) is 31.3 Å². The lowest BCUT2D eigenvalue weighted by Gasteiger charge is -2.47. The van der Waals surface area contributed by atoms with Gasteiger partial charge in [0.1, 0.15) is 5.76 Å². The minimum atomic E-state index is 0.149. The van der Waals surface area contributed by atoms with E-state index in [1.54, 1.807) is 6.26 Å². The molecule has 2 fully saturated rings. The molecular formula is C16H27N3O. The van der Waals surface area contributed by atoms with Gasteiger partial charge in [-0.15, -0.1) is 0 Å². The molecule has 0 aliphatic carbocycles. The molecule has 0 spiro atoms. The van der Waals surface area contributed by atoms with Crippen molar-refractivity contribution in [2.45, 2.75) is 50.7 Å². The van der Waals surface area contributed by atoms with Crippen LogP contribution in [0.3, 0.4) is 0 Å². The average Bonchev–Trinajstić information content (AvgIpc) is 3.01. The minimum absolute atomic E-state index is 0.149. The highest BCUT2D eigenvalue weighted by atomic mass is 16.3. The third-order valence-corrected chi connectivity index (χ3v) is 4.97. The molecule has 3 rings (SSSR count). The smallest absolute Gasteiger partial charge is 0.122 e. The highest BCUT2D eigenvalue weighted by Crippen LogP contribution is 2.30. The quantitative estimate of drug-likeness (QED) is 0.916. The van der Waals surface area contributed by atoms with Crippen molar-refractivity contribution in [3.63, 3.8) is 0 Å². The lowest BCUT2D eigenvalue weighted by Crippen LogP contribution is -2.57. The van der Waals surface area contributed by atoms with Gasteiger partial charge in [0.2, 0.25) is 0 Å². The second kappa shape index (κ2) is 6.29. The minimum Gasteiger partial charge on any atom is -0.468 e. The summed E-state index contributed by atoms with van der Waals surface area (Å²) >= 11 is 0. The number of nitrogens with zero attached hydrogens (tertiary/aromatic N) is 2. The van der Waals surface area contributed by atoms with Gasteiger partial charge in [-0.05, 0) is 37.9 Å². The third-order valence-electron chi connectivity index (χ3n) is 4.97. The van der Waals surface area contributed by atoms with E-state index >= 15 is 0 Å². The summed E-state index contributed by atoms with van der Waals surface area (Å²) in [6.07, 6.45) is 6.83. The van der Waals surface area contributed by atoms with E-state index < -0.39 is 0 Å². The van der Waals surface area contributed by atoms with Gasteiger partial charge >= 0.3 is 0 Å². The molecule has 4 nitrogen and oxygen atoms in total. The molecule has 1 aromatic heterocycles. The van der Waals surface area contributed by atoms with Crippen LogP contribution < -0.4 is 5.73 Å². The van der Waals surface area contributed by atoms with Crippen LogP contribution in [0.2, 0.25) is 0 Å². The maximum Gasteiger partial charge on any atom is 0.122 e. The molecular weight excluding hydrogens is 250 g/mol. The van der Waals surface area contributed by atoms with E-state index in [9.17, 15) is 0 Å². The van der Waals surface area contributed by atoms with Crippen LogP contribution >= 0.6 is 0 Å². The number of piperidine rings is 1. The molecule has 0 bridgehead atoms. The lowest BCUT2D eigenvalue weighted by atomic mass is 9.95. The largest absolute Gasteiger partial charge is 0.468 e. The average molecular weight is 277 g/mol. The summed E-state index contributed by atoms with van der Waals surface area (Å²) in [4.78, 5) is 5.22. The Kier molecular flexibility index (Phi) is 4.44. The maximum atomic E-state index is 6.39. The molecule has 3 unspecified atom stereocenters. The fraction of sp³-hybridized carbons (Fsp3) is 0.750. The van der Waals surface area contributed by atoms with Crippen LogP contribution in [0, 0.1) is 0 Å². The van der Waals surface area contributed by atoms with Gasteiger partial charge in [-0.25, -0.2) is 0 Å². The van der Waals surface area contributed by atoms with E-state index in [0.29, 0.717) is 0 Å². The van der Waals surface area contributed by atoms with Gasteiger partial charge in [-0.1, -0.05) is 13.3 Å². The molecule has 2 aliphatic rings. The van der Waals surface area contributed by atoms with Gasteiger partial charge in [0.05, 0.1) is 12.3 Å². The molecule has 0 radical (unpaired) electrons. The molecule has 0 amide bonds. The van der Waals surface area contributed by atoms with E-state index in [1.807, 2.05) is 6.07 Å². The summed E-state index contributed by atoms with van der Waals surface area (Å²) in [7, 11) is 0. The van der Waals surface area contributed by atoms with Crippen molar-refractivity contribution in [3.8, 4) is 0 Å². The Morgan fingerprint density at radius 2 is 2.25 bits per heavy atom. The van der Waals surface area contributed by atoms with Gasteiger partial charge in [-0.2, -0.15) is 0 Å². The zero-order valence-corrected chi connectivity index (χ0v) is 12.5. The van der Waals surface area contributed by atoms with Crippen LogP contribution in [0.25, 0.3) is 0 Å². The van der Waals surface area contributed by atoms with Crippen LogP contribution in [0.5, 0.6) is 0 Å². The van der Waals surface area contributed by atoms with Crippen LogP contribution in [0.15, 0.2) is 22.8 Å². The van der Waals surface area contributed by atoms with Crippen molar-refractivity contribution >= 4 is 0 Å². The van der Waals surface area contributed by atoms with Crippen LogP contribution in [0.1, 0.15) is 44.4 Å². The van der Waals surface area contributed by atoms with Gasteiger partial charge in [0.25, 0.3) is 0 Å². The molecule has 2 N–H and O–H groups in total. The topological polar surface area (TPSA) is 45.6 Å². The Balaban J connectivity index is 1.74. The molecule has 2 aliphatic heterocycles. The zero-order chi connectivity index (χ0) is 13.9. The van der Waals surface area contributed by atoms with Crippen molar-refractivity contribution in [1.82, 2.24) is 9.80 Å². The number of piperazine rings is 1. The first-order valence-corrected chi connectivity index (χ1v) is 8.06. The highest BCUT2D eigenvalue weighted by Gasteiger charge is 2.35. The Bertz CT molecular complexity index is 406. The molecule has 112 valence electrons. The summed E-state index contributed by atoms with van der Waals surface area (Å²) in [5.74, 6) is 1.03. The predicted molar refractivity (Wildman–Crippen MR) is 80.5 cm³/mol. The summed E-state index contributed by atoms with van der Waals surface area (Å²) in [5, 5.41) is 0. The first-order chi connectivity index (χ1) is 9.79. The van der Waals surface area contributed by atoms with Crippen LogP contribution in [-0.4, -0.2) is 48.1 Å². The third kappa shape index (κ3) is 2.78. The van der Waals surface area contributed by atoms with Crippen molar-refractivity contribution < 1.29 is 4.42 Å². The monoisotopic (exact) mass is 277 g/mol. The first kappa shape index (κ1) is 14.1. The molecule has 2 saturated heterocycles. The van der Waals surface area contributed by atoms with E-state index in [4.69, 9.17) is 10.2 Å². The summed E-state index contributed by atoms with van der Waals surface area (Å²) in [6, 6.07) is 5.16. The summed E-state index contributed by atoms with van der Waals surface area (Å²) in [5.41, 5.74) is 6.39. The van der Waals surface area contributed by atoms with Crippen LogP contribution in [0.4, 0.5) is 0 Å². The molecule has 0 aromatic carbocycles. The van der Waals surface area contributed by atoms with E-state index in [-0.39, 0.29) is 12.1 Å². The van der Waals surface area contributed by atoms with Crippen molar-refractivity contribution in [2.75, 3.05) is 26.2 Å². The van der Waals surface area contributed by atoms with Crippen molar-refractivity contribution in [2.24, 2.45) is 5.73 Å². The molecule has 4 heteroatoms. The molecule has 0 saturated carbocycles. The molecule has 20 heavy (non-hydrogen) atoms. The van der Waals surface area contributed by atoms with Crippen LogP contribution in [-0.2, 0) is 0 Å². The normalized spacial score (nSPS) is 28.0. The van der Waals surface area contributed by atoms with E-state index in [1.165, 1.54) is 32.4 Å². The van der Waals surface area contributed by atoms with Gasteiger partial charge in [0, 0.05) is 31.7 Å². The summed E-state index contributed by atoms with van der Waals surface area (Å²) < 4.78 is 5.67. The number of hydrogen-bond acceptors (Lipinski definition) is 4. The zero-order valence-electron chi connectivity index (χ0n) is 12.5. The maximum absolute atomic E-state index is 6.39. The van der Waals surface area contributed by atoms with Gasteiger partial charge < -0.3 is 10.2 Å². The molecule has 3 atom stereocenters. The number of nitrogens with two attached hydrogens (primary N) is 1. The Labute approximate surface area is 121 Å².